The molecule has 3 heteroatoms. The van der Waals surface area contributed by atoms with Gasteiger partial charge >= 0.3 is 0 Å². The van der Waals surface area contributed by atoms with Crippen LogP contribution in [0.15, 0.2) is 12.2 Å². The molecule has 0 radical (unpaired) electrons. The van der Waals surface area contributed by atoms with Crippen LogP contribution in [-0.4, -0.2) is 18.6 Å². The molecule has 1 amide bonds. The van der Waals surface area contributed by atoms with Crippen LogP contribution in [0, 0.1) is 0 Å². The van der Waals surface area contributed by atoms with Gasteiger partial charge < -0.3 is 10.5 Å². The van der Waals surface area contributed by atoms with E-state index in [0.717, 1.165) is 6.42 Å². The van der Waals surface area contributed by atoms with E-state index in [9.17, 15) is 4.79 Å². The standard InChI is InChI=1S/C8H15NO2/c1-4-7(11-5-2)6(3)8(9)10/h7H,3-5H2,1-2H3,(H2,9,10). The van der Waals surface area contributed by atoms with Crippen molar-refractivity contribution < 1.29 is 9.53 Å². The summed E-state index contributed by atoms with van der Waals surface area (Å²) in [6.45, 7) is 7.92. The normalized spacial score (nSPS) is 12.5. The van der Waals surface area contributed by atoms with Gasteiger partial charge in [-0.05, 0) is 13.3 Å². The second-order valence-corrected chi connectivity index (χ2v) is 2.24. The Hall–Kier alpha value is -0.830. The van der Waals surface area contributed by atoms with Crippen LogP contribution in [0.4, 0.5) is 0 Å². The molecule has 0 fully saturated rings. The fraction of sp³-hybridized carbons (Fsp3) is 0.625. The molecule has 0 aliphatic carbocycles. The first-order valence-corrected chi connectivity index (χ1v) is 3.73. The molecule has 0 bridgehead atoms. The van der Waals surface area contributed by atoms with Crippen molar-refractivity contribution in [3.05, 3.63) is 12.2 Å². The van der Waals surface area contributed by atoms with E-state index in [1.54, 1.807) is 0 Å². The topological polar surface area (TPSA) is 52.3 Å². The van der Waals surface area contributed by atoms with Gasteiger partial charge in [-0.15, -0.1) is 0 Å². The number of carbonyl (C=O) groups excluding carboxylic acids is 1. The third-order valence-electron chi connectivity index (χ3n) is 1.44. The summed E-state index contributed by atoms with van der Waals surface area (Å²) in [6.07, 6.45) is 0.521. The summed E-state index contributed by atoms with van der Waals surface area (Å²) in [5, 5.41) is 0. The quantitative estimate of drug-likeness (QED) is 0.601. The molecule has 2 N–H and O–H groups in total. The lowest BCUT2D eigenvalue weighted by Gasteiger charge is -2.14. The smallest absolute Gasteiger partial charge is 0.246 e. The molecule has 0 aromatic heterocycles. The van der Waals surface area contributed by atoms with Gasteiger partial charge in [-0.1, -0.05) is 13.5 Å². The van der Waals surface area contributed by atoms with Crippen LogP contribution in [0.3, 0.4) is 0 Å². The van der Waals surface area contributed by atoms with Crippen molar-refractivity contribution in [2.75, 3.05) is 6.61 Å². The van der Waals surface area contributed by atoms with E-state index < -0.39 is 5.91 Å². The third kappa shape index (κ3) is 3.18. The van der Waals surface area contributed by atoms with Gasteiger partial charge in [-0.3, -0.25) is 4.79 Å². The van der Waals surface area contributed by atoms with E-state index in [1.165, 1.54) is 0 Å². The average molecular weight is 157 g/mol. The van der Waals surface area contributed by atoms with Crippen molar-refractivity contribution in [1.29, 1.82) is 0 Å². The molecule has 0 aliphatic rings. The molecular weight excluding hydrogens is 142 g/mol. The molecule has 0 aromatic rings. The van der Waals surface area contributed by atoms with Gasteiger partial charge in [0.05, 0.1) is 6.10 Å². The van der Waals surface area contributed by atoms with Gasteiger partial charge in [0.2, 0.25) is 5.91 Å². The van der Waals surface area contributed by atoms with Gasteiger partial charge in [0, 0.05) is 12.2 Å². The van der Waals surface area contributed by atoms with Crippen molar-refractivity contribution in [3.63, 3.8) is 0 Å². The fourth-order valence-electron chi connectivity index (χ4n) is 0.825. The van der Waals surface area contributed by atoms with Crippen LogP contribution in [0.2, 0.25) is 0 Å². The molecule has 0 rings (SSSR count). The Balaban J connectivity index is 4.02. The number of carbonyl (C=O) groups is 1. The highest BCUT2D eigenvalue weighted by atomic mass is 16.5. The minimum atomic E-state index is -0.481. The van der Waals surface area contributed by atoms with Gasteiger partial charge in [-0.2, -0.15) is 0 Å². The van der Waals surface area contributed by atoms with Gasteiger partial charge in [0.25, 0.3) is 0 Å². The molecule has 0 aliphatic heterocycles. The van der Waals surface area contributed by atoms with Crippen molar-refractivity contribution in [3.8, 4) is 0 Å². The number of primary amides is 1. The van der Waals surface area contributed by atoms with E-state index in [2.05, 4.69) is 6.58 Å². The Morgan fingerprint density at radius 2 is 2.18 bits per heavy atom. The van der Waals surface area contributed by atoms with Crippen LogP contribution in [0.25, 0.3) is 0 Å². The Bertz CT molecular complexity index is 154. The maximum absolute atomic E-state index is 10.6. The summed E-state index contributed by atoms with van der Waals surface area (Å²) < 4.78 is 5.21. The van der Waals surface area contributed by atoms with Crippen LogP contribution < -0.4 is 5.73 Å². The lowest BCUT2D eigenvalue weighted by Crippen LogP contribution is -2.25. The number of rotatable bonds is 5. The summed E-state index contributed by atoms with van der Waals surface area (Å²) in [7, 11) is 0. The molecule has 0 saturated carbocycles. The van der Waals surface area contributed by atoms with Gasteiger partial charge in [-0.25, -0.2) is 0 Å². The van der Waals surface area contributed by atoms with E-state index in [1.807, 2.05) is 13.8 Å². The molecule has 11 heavy (non-hydrogen) atoms. The second-order valence-electron chi connectivity index (χ2n) is 2.24. The monoisotopic (exact) mass is 157 g/mol. The van der Waals surface area contributed by atoms with Gasteiger partial charge in [0.1, 0.15) is 0 Å². The Kier molecular flexibility index (Phi) is 4.54. The van der Waals surface area contributed by atoms with Crippen molar-refractivity contribution in [2.45, 2.75) is 26.4 Å². The summed E-state index contributed by atoms with van der Waals surface area (Å²) in [5.41, 5.74) is 5.38. The molecule has 1 unspecified atom stereocenters. The van der Waals surface area contributed by atoms with Crippen LogP contribution in [0.1, 0.15) is 20.3 Å². The van der Waals surface area contributed by atoms with Crippen LogP contribution >= 0.6 is 0 Å². The number of nitrogens with two attached hydrogens (primary N) is 1. The third-order valence-corrected chi connectivity index (χ3v) is 1.44. The summed E-state index contributed by atoms with van der Waals surface area (Å²) in [5.74, 6) is -0.481. The van der Waals surface area contributed by atoms with Crippen LogP contribution in [-0.2, 0) is 9.53 Å². The summed E-state index contributed by atoms with van der Waals surface area (Å²) >= 11 is 0. The first-order chi connectivity index (χ1) is 5.13. The van der Waals surface area contributed by atoms with E-state index >= 15 is 0 Å². The molecule has 64 valence electrons. The van der Waals surface area contributed by atoms with Crippen molar-refractivity contribution in [2.24, 2.45) is 5.73 Å². The Morgan fingerprint density at radius 3 is 2.45 bits per heavy atom. The highest BCUT2D eigenvalue weighted by Crippen LogP contribution is 2.07. The minimum Gasteiger partial charge on any atom is -0.374 e. The van der Waals surface area contributed by atoms with Crippen LogP contribution in [0.5, 0.6) is 0 Å². The SMILES string of the molecule is C=C(C(N)=O)C(CC)OCC. The molecule has 1 atom stereocenters. The molecular formula is C8H15NO2. The number of hydrogen-bond donors (Lipinski definition) is 1. The fourth-order valence-corrected chi connectivity index (χ4v) is 0.825. The number of amides is 1. The second kappa shape index (κ2) is 4.91. The van der Waals surface area contributed by atoms with Crippen molar-refractivity contribution >= 4 is 5.91 Å². The van der Waals surface area contributed by atoms with Gasteiger partial charge in [0.15, 0.2) is 0 Å². The zero-order valence-electron chi connectivity index (χ0n) is 7.09. The number of ether oxygens (including phenoxy) is 1. The average Bonchev–Trinajstić information content (AvgIpc) is 1.98. The highest BCUT2D eigenvalue weighted by Gasteiger charge is 2.13. The Morgan fingerprint density at radius 1 is 1.64 bits per heavy atom. The maximum atomic E-state index is 10.6. The summed E-state index contributed by atoms with van der Waals surface area (Å²) in [4.78, 5) is 10.6. The maximum Gasteiger partial charge on any atom is 0.246 e. The van der Waals surface area contributed by atoms with Crippen molar-refractivity contribution in [1.82, 2.24) is 0 Å². The molecule has 0 spiro atoms. The molecule has 3 nitrogen and oxygen atoms in total. The predicted molar refractivity (Wildman–Crippen MR) is 44.0 cm³/mol. The zero-order valence-corrected chi connectivity index (χ0v) is 7.09. The van der Waals surface area contributed by atoms with E-state index in [0.29, 0.717) is 12.2 Å². The Labute approximate surface area is 67.2 Å². The first-order valence-electron chi connectivity index (χ1n) is 3.73. The minimum absolute atomic E-state index is 0.211. The lowest BCUT2D eigenvalue weighted by atomic mass is 10.1. The highest BCUT2D eigenvalue weighted by molar-refractivity contribution is 5.92. The zero-order chi connectivity index (χ0) is 8.85. The van der Waals surface area contributed by atoms with E-state index in [-0.39, 0.29) is 6.10 Å². The molecule has 0 saturated heterocycles. The molecule has 0 heterocycles. The predicted octanol–water partition coefficient (Wildman–Crippen LogP) is 0.843. The largest absolute Gasteiger partial charge is 0.374 e. The number of hydrogen-bond acceptors (Lipinski definition) is 2. The first kappa shape index (κ1) is 10.2. The summed E-state index contributed by atoms with van der Waals surface area (Å²) in [6, 6.07) is 0. The lowest BCUT2D eigenvalue weighted by molar-refractivity contribution is -0.115. The molecule has 0 aromatic carbocycles. The van der Waals surface area contributed by atoms with E-state index in [4.69, 9.17) is 10.5 Å².